The summed E-state index contributed by atoms with van der Waals surface area (Å²) in [4.78, 5) is 31.7. The fraction of sp³-hybridized carbons (Fsp3) is 0.333. The molecule has 3 N–H and O–H groups in total. The minimum atomic E-state index is -0.499. The molecule has 0 radical (unpaired) electrons. The van der Waals surface area contributed by atoms with Gasteiger partial charge in [0.15, 0.2) is 6.54 Å². The lowest BCUT2D eigenvalue weighted by atomic mass is 10.1. The summed E-state index contributed by atoms with van der Waals surface area (Å²) in [5.41, 5.74) is 5.44. The zero-order valence-electron chi connectivity index (χ0n) is 18.2. The highest BCUT2D eigenvalue weighted by Crippen LogP contribution is 2.28. The van der Waals surface area contributed by atoms with E-state index in [1.807, 2.05) is 24.3 Å². The van der Waals surface area contributed by atoms with Crippen LogP contribution in [-0.4, -0.2) is 56.7 Å². The van der Waals surface area contributed by atoms with E-state index in [4.69, 9.17) is 4.74 Å². The van der Waals surface area contributed by atoms with Crippen molar-refractivity contribution < 1.29 is 19.2 Å². The van der Waals surface area contributed by atoms with Crippen molar-refractivity contribution in [3.8, 4) is 0 Å². The molecule has 1 aliphatic rings. The normalized spacial score (nSPS) is 14.6. The summed E-state index contributed by atoms with van der Waals surface area (Å²) in [6, 6.07) is 13.9. The first kappa shape index (κ1) is 20.9. The predicted molar refractivity (Wildman–Crippen MR) is 122 cm³/mol. The molecule has 0 spiro atoms. The number of nitrogens with zero attached hydrogens (tertiary/aromatic N) is 1. The number of aryl methyl sites for hydroxylation is 1. The van der Waals surface area contributed by atoms with Crippen LogP contribution in [0.4, 0.5) is 11.4 Å². The number of quaternary nitrogens is 1. The van der Waals surface area contributed by atoms with Crippen LogP contribution in [0.2, 0.25) is 0 Å². The van der Waals surface area contributed by atoms with Gasteiger partial charge < -0.3 is 24.8 Å². The van der Waals surface area contributed by atoms with Crippen LogP contribution in [0.5, 0.6) is 0 Å². The molecule has 0 bridgehead atoms. The summed E-state index contributed by atoms with van der Waals surface area (Å²) in [5.74, 6) is -0.605. The smallest absolute Gasteiger partial charge is 0.356 e. The number of methoxy groups -OCH3 is 1. The lowest BCUT2D eigenvalue weighted by molar-refractivity contribution is -0.892. The van der Waals surface area contributed by atoms with Crippen LogP contribution in [0.25, 0.3) is 10.9 Å². The molecule has 3 aromatic rings. The Balaban J connectivity index is 1.41. The van der Waals surface area contributed by atoms with Gasteiger partial charge in [-0.25, -0.2) is 4.79 Å². The summed E-state index contributed by atoms with van der Waals surface area (Å²) >= 11 is 0. The maximum absolute atomic E-state index is 12.8. The molecule has 1 aromatic heterocycles. The average Bonchev–Trinajstić information content (AvgIpc) is 3.14. The summed E-state index contributed by atoms with van der Waals surface area (Å²) in [5, 5.41) is 3.75. The van der Waals surface area contributed by atoms with E-state index in [-0.39, 0.29) is 11.6 Å². The largest absolute Gasteiger partial charge is 0.464 e. The zero-order chi connectivity index (χ0) is 22.0. The highest BCUT2D eigenvalue weighted by molar-refractivity contribution is 6.11. The van der Waals surface area contributed by atoms with Crippen molar-refractivity contribution in [3.63, 3.8) is 0 Å². The van der Waals surface area contributed by atoms with Gasteiger partial charge in [-0.05, 0) is 37.1 Å². The minimum Gasteiger partial charge on any atom is -0.464 e. The van der Waals surface area contributed by atoms with Crippen molar-refractivity contribution in [3.05, 3.63) is 59.3 Å². The molecule has 7 heteroatoms. The van der Waals surface area contributed by atoms with E-state index < -0.39 is 5.97 Å². The monoisotopic (exact) mass is 421 g/mol. The quantitative estimate of drug-likeness (QED) is 0.550. The standard InChI is InChI=1S/C24H28N4O3/c1-16-7-6-10-20(17(16)2)28-13-11-27(12-14-28)15-21(29)26-22-18-8-4-5-9-19(18)25-23(22)24(30)31-3/h4-10,25H,11-15H2,1-3H3,(H,26,29)/p+1. The van der Waals surface area contributed by atoms with Gasteiger partial charge in [-0.1, -0.05) is 30.3 Å². The van der Waals surface area contributed by atoms with Gasteiger partial charge in [0.05, 0.1) is 39.0 Å². The number of hydrogen-bond acceptors (Lipinski definition) is 4. The first-order chi connectivity index (χ1) is 15.0. The number of H-pyrrole nitrogens is 1. The van der Waals surface area contributed by atoms with Gasteiger partial charge in [-0.3, -0.25) is 4.79 Å². The van der Waals surface area contributed by atoms with E-state index in [2.05, 4.69) is 47.2 Å². The Morgan fingerprint density at radius 2 is 1.84 bits per heavy atom. The van der Waals surface area contributed by atoms with E-state index >= 15 is 0 Å². The van der Waals surface area contributed by atoms with Crippen molar-refractivity contribution in [1.29, 1.82) is 0 Å². The number of hydrogen-bond donors (Lipinski definition) is 3. The summed E-state index contributed by atoms with van der Waals surface area (Å²) < 4.78 is 4.88. The van der Waals surface area contributed by atoms with E-state index in [1.54, 1.807) is 0 Å². The zero-order valence-corrected chi connectivity index (χ0v) is 18.2. The number of carbonyl (C=O) groups excluding carboxylic acids is 2. The molecule has 2 aromatic carbocycles. The van der Waals surface area contributed by atoms with Gasteiger partial charge in [-0.15, -0.1) is 0 Å². The second-order valence-corrected chi connectivity index (χ2v) is 8.09. The van der Waals surface area contributed by atoms with Crippen LogP contribution in [0.1, 0.15) is 21.6 Å². The van der Waals surface area contributed by atoms with Gasteiger partial charge in [-0.2, -0.15) is 0 Å². The number of ether oxygens (including phenoxy) is 1. The molecule has 0 aliphatic carbocycles. The van der Waals surface area contributed by atoms with E-state index in [0.29, 0.717) is 12.2 Å². The van der Waals surface area contributed by atoms with E-state index in [1.165, 1.54) is 28.8 Å². The summed E-state index contributed by atoms with van der Waals surface area (Å²) in [7, 11) is 1.33. The van der Waals surface area contributed by atoms with Gasteiger partial charge in [0.2, 0.25) is 0 Å². The highest BCUT2D eigenvalue weighted by Gasteiger charge is 2.25. The van der Waals surface area contributed by atoms with Crippen LogP contribution in [0.15, 0.2) is 42.5 Å². The molecule has 1 saturated heterocycles. The Bertz CT molecular complexity index is 1110. The topological polar surface area (TPSA) is 78.9 Å². The second kappa shape index (κ2) is 8.81. The maximum atomic E-state index is 12.8. The number of nitrogens with one attached hydrogen (secondary N) is 3. The molecule has 0 unspecified atom stereocenters. The van der Waals surface area contributed by atoms with Crippen molar-refractivity contribution in [1.82, 2.24) is 4.98 Å². The first-order valence-corrected chi connectivity index (χ1v) is 10.6. The fourth-order valence-corrected chi connectivity index (χ4v) is 4.26. The van der Waals surface area contributed by atoms with Crippen LogP contribution in [-0.2, 0) is 9.53 Å². The molecule has 31 heavy (non-hydrogen) atoms. The lowest BCUT2D eigenvalue weighted by Crippen LogP contribution is -3.15. The molecular weight excluding hydrogens is 392 g/mol. The molecule has 1 fully saturated rings. The Hall–Kier alpha value is -3.32. The number of piperazine rings is 1. The Kier molecular flexibility index (Phi) is 5.95. The van der Waals surface area contributed by atoms with Gasteiger partial charge in [0.25, 0.3) is 5.91 Å². The van der Waals surface area contributed by atoms with Crippen LogP contribution in [0, 0.1) is 13.8 Å². The van der Waals surface area contributed by atoms with E-state index in [0.717, 1.165) is 37.1 Å². The van der Waals surface area contributed by atoms with Crippen molar-refractivity contribution in [2.24, 2.45) is 0 Å². The number of amides is 1. The van der Waals surface area contributed by atoms with Crippen molar-refractivity contribution in [2.45, 2.75) is 13.8 Å². The summed E-state index contributed by atoms with van der Waals surface area (Å²) in [6.07, 6.45) is 0. The number of rotatable bonds is 5. The molecule has 162 valence electrons. The molecule has 1 amide bonds. The average molecular weight is 422 g/mol. The number of para-hydroxylation sites is 1. The number of esters is 1. The highest BCUT2D eigenvalue weighted by atomic mass is 16.5. The van der Waals surface area contributed by atoms with Gasteiger partial charge in [0, 0.05) is 16.6 Å². The molecule has 0 atom stereocenters. The maximum Gasteiger partial charge on any atom is 0.356 e. The number of fused-ring (bicyclic) bond motifs is 1. The Morgan fingerprint density at radius 3 is 2.58 bits per heavy atom. The minimum absolute atomic E-state index is 0.106. The summed E-state index contributed by atoms with van der Waals surface area (Å²) in [6.45, 7) is 8.26. The van der Waals surface area contributed by atoms with Gasteiger partial charge in [0.1, 0.15) is 5.69 Å². The van der Waals surface area contributed by atoms with E-state index in [9.17, 15) is 9.59 Å². The third-order valence-electron chi connectivity index (χ3n) is 6.16. The lowest BCUT2D eigenvalue weighted by Gasteiger charge is -2.34. The first-order valence-electron chi connectivity index (χ1n) is 10.6. The number of aromatic nitrogens is 1. The number of aromatic amines is 1. The third-order valence-corrected chi connectivity index (χ3v) is 6.16. The molecule has 7 nitrogen and oxygen atoms in total. The molecule has 2 heterocycles. The molecule has 1 aliphatic heterocycles. The van der Waals surface area contributed by atoms with Crippen LogP contribution >= 0.6 is 0 Å². The third kappa shape index (κ3) is 4.27. The second-order valence-electron chi connectivity index (χ2n) is 8.09. The SMILES string of the molecule is COC(=O)c1[nH]c2ccccc2c1NC(=O)C[NH+]1CCN(c2cccc(C)c2C)CC1. The number of anilines is 2. The predicted octanol–water partition coefficient (Wildman–Crippen LogP) is 1.91. The number of benzene rings is 2. The number of carbonyl (C=O) groups is 2. The van der Waals surface area contributed by atoms with Crippen LogP contribution < -0.4 is 15.1 Å². The Labute approximate surface area is 182 Å². The molecule has 0 saturated carbocycles. The van der Waals surface area contributed by atoms with Crippen molar-refractivity contribution >= 4 is 34.2 Å². The van der Waals surface area contributed by atoms with Gasteiger partial charge >= 0.3 is 5.97 Å². The Morgan fingerprint density at radius 1 is 1.10 bits per heavy atom. The van der Waals surface area contributed by atoms with Crippen LogP contribution in [0.3, 0.4) is 0 Å². The molecule has 4 rings (SSSR count). The molecular formula is C24H29N4O3+. The van der Waals surface area contributed by atoms with Crippen molar-refractivity contribution in [2.75, 3.05) is 50.1 Å². The fourth-order valence-electron chi connectivity index (χ4n) is 4.26.